The average molecular weight is 213 g/mol. The first-order valence-electron chi connectivity index (χ1n) is 5.71. The zero-order chi connectivity index (χ0) is 11.6. The van der Waals surface area contributed by atoms with Crippen molar-refractivity contribution < 1.29 is 9.53 Å². The summed E-state index contributed by atoms with van der Waals surface area (Å²) in [6, 6.07) is 0. The summed E-state index contributed by atoms with van der Waals surface area (Å²) >= 11 is 0. The lowest BCUT2D eigenvalue weighted by Gasteiger charge is -2.36. The molecule has 3 heteroatoms. The number of carbonyl (C=O) groups excluding carboxylic acids is 1. The molecular weight excluding hydrogens is 190 g/mol. The minimum atomic E-state index is 0.0713. The summed E-state index contributed by atoms with van der Waals surface area (Å²) in [7, 11) is 0. The van der Waals surface area contributed by atoms with Crippen LogP contribution in [0.4, 0.5) is 0 Å². The van der Waals surface area contributed by atoms with E-state index >= 15 is 0 Å². The lowest BCUT2D eigenvalue weighted by atomic mass is 9.91. The highest BCUT2D eigenvalue weighted by Crippen LogP contribution is 2.21. The SMILES string of the molecule is C[C@H]1CN(C(=O)CC(C)(C)C)C[C@H](C)O1. The highest BCUT2D eigenvalue weighted by atomic mass is 16.5. The van der Waals surface area contributed by atoms with Gasteiger partial charge in [0.15, 0.2) is 0 Å². The van der Waals surface area contributed by atoms with Crippen LogP contribution in [0.3, 0.4) is 0 Å². The van der Waals surface area contributed by atoms with Crippen LogP contribution in [0, 0.1) is 5.41 Å². The number of carbonyl (C=O) groups is 1. The van der Waals surface area contributed by atoms with E-state index in [1.54, 1.807) is 0 Å². The zero-order valence-electron chi connectivity index (χ0n) is 10.5. The Morgan fingerprint density at radius 3 is 2.13 bits per heavy atom. The molecule has 0 radical (unpaired) electrons. The second-order valence-corrected chi connectivity index (χ2v) is 5.79. The van der Waals surface area contributed by atoms with Gasteiger partial charge in [0.1, 0.15) is 0 Å². The standard InChI is InChI=1S/C12H23NO2/c1-9-7-13(8-10(2)15-9)11(14)6-12(3,4)5/h9-10H,6-8H2,1-5H3/t9-,10-/m0/s1. The van der Waals surface area contributed by atoms with Gasteiger partial charge in [0.2, 0.25) is 5.91 Å². The summed E-state index contributed by atoms with van der Waals surface area (Å²) in [5.41, 5.74) is 0.0713. The lowest BCUT2D eigenvalue weighted by Crippen LogP contribution is -2.48. The predicted octanol–water partition coefficient (Wildman–Crippen LogP) is 2.06. The van der Waals surface area contributed by atoms with Crippen LogP contribution in [0.2, 0.25) is 0 Å². The molecule has 0 N–H and O–H groups in total. The maximum absolute atomic E-state index is 12.0. The van der Waals surface area contributed by atoms with E-state index in [9.17, 15) is 4.79 Å². The summed E-state index contributed by atoms with van der Waals surface area (Å²) in [5, 5.41) is 0. The topological polar surface area (TPSA) is 29.5 Å². The average Bonchev–Trinajstić information content (AvgIpc) is 1.98. The van der Waals surface area contributed by atoms with Gasteiger partial charge < -0.3 is 9.64 Å². The van der Waals surface area contributed by atoms with Gasteiger partial charge in [0.05, 0.1) is 12.2 Å². The molecule has 2 atom stereocenters. The molecule has 0 bridgehead atoms. The van der Waals surface area contributed by atoms with Gasteiger partial charge in [0, 0.05) is 19.5 Å². The summed E-state index contributed by atoms with van der Waals surface area (Å²) in [6.45, 7) is 11.8. The Morgan fingerprint density at radius 1 is 1.27 bits per heavy atom. The normalized spacial score (nSPS) is 27.9. The van der Waals surface area contributed by atoms with Gasteiger partial charge >= 0.3 is 0 Å². The zero-order valence-corrected chi connectivity index (χ0v) is 10.5. The first-order chi connectivity index (χ1) is 6.78. The van der Waals surface area contributed by atoms with E-state index in [0.717, 1.165) is 13.1 Å². The third-order valence-corrected chi connectivity index (χ3v) is 2.45. The molecule has 1 amide bonds. The third kappa shape index (κ3) is 4.20. The molecule has 0 spiro atoms. The van der Waals surface area contributed by atoms with E-state index in [4.69, 9.17) is 4.74 Å². The Bertz CT molecular complexity index is 222. The highest BCUT2D eigenvalue weighted by Gasteiger charge is 2.28. The Morgan fingerprint density at radius 2 is 1.73 bits per heavy atom. The second kappa shape index (κ2) is 4.52. The fourth-order valence-corrected chi connectivity index (χ4v) is 1.95. The molecule has 3 nitrogen and oxygen atoms in total. The Balaban J connectivity index is 2.52. The summed E-state index contributed by atoms with van der Waals surface area (Å²) in [5.74, 6) is 0.254. The van der Waals surface area contributed by atoms with Crippen molar-refractivity contribution in [1.29, 1.82) is 0 Å². The molecule has 15 heavy (non-hydrogen) atoms. The molecule has 1 heterocycles. The second-order valence-electron chi connectivity index (χ2n) is 5.79. The van der Waals surface area contributed by atoms with Crippen molar-refractivity contribution in [2.24, 2.45) is 5.41 Å². The number of hydrogen-bond donors (Lipinski definition) is 0. The monoisotopic (exact) mass is 213 g/mol. The van der Waals surface area contributed by atoms with Crippen LogP contribution in [-0.2, 0) is 9.53 Å². The number of ether oxygens (including phenoxy) is 1. The fourth-order valence-electron chi connectivity index (χ4n) is 1.95. The van der Waals surface area contributed by atoms with Crippen LogP contribution < -0.4 is 0 Å². The maximum atomic E-state index is 12.0. The number of morpholine rings is 1. The number of rotatable bonds is 1. The molecule has 0 saturated carbocycles. The van der Waals surface area contributed by atoms with Crippen LogP contribution in [0.1, 0.15) is 41.0 Å². The van der Waals surface area contributed by atoms with Crippen LogP contribution in [-0.4, -0.2) is 36.1 Å². The largest absolute Gasteiger partial charge is 0.372 e. The van der Waals surface area contributed by atoms with Gasteiger partial charge in [-0.05, 0) is 19.3 Å². The molecule has 1 fully saturated rings. The maximum Gasteiger partial charge on any atom is 0.223 e. The van der Waals surface area contributed by atoms with E-state index in [0.29, 0.717) is 6.42 Å². The first-order valence-corrected chi connectivity index (χ1v) is 5.71. The molecule has 0 aromatic rings. The van der Waals surface area contributed by atoms with Crippen molar-refractivity contribution >= 4 is 5.91 Å². The van der Waals surface area contributed by atoms with Gasteiger partial charge in [-0.2, -0.15) is 0 Å². The quantitative estimate of drug-likeness (QED) is 0.667. The number of nitrogens with zero attached hydrogens (tertiary/aromatic N) is 1. The van der Waals surface area contributed by atoms with E-state index in [2.05, 4.69) is 20.8 Å². The molecule has 0 aromatic heterocycles. The molecule has 1 rings (SSSR count). The molecular formula is C12H23NO2. The van der Waals surface area contributed by atoms with Crippen molar-refractivity contribution in [2.45, 2.75) is 53.2 Å². The van der Waals surface area contributed by atoms with Crippen molar-refractivity contribution in [2.75, 3.05) is 13.1 Å². The summed E-state index contributed by atoms with van der Waals surface area (Å²) in [6.07, 6.45) is 0.947. The molecule has 0 aromatic carbocycles. The van der Waals surface area contributed by atoms with Crippen molar-refractivity contribution in [3.63, 3.8) is 0 Å². The molecule has 1 aliphatic heterocycles. The van der Waals surface area contributed by atoms with Crippen molar-refractivity contribution in [1.82, 2.24) is 4.90 Å². The van der Waals surface area contributed by atoms with Gasteiger partial charge in [0.25, 0.3) is 0 Å². The molecule has 1 aliphatic rings. The minimum absolute atomic E-state index is 0.0713. The third-order valence-electron chi connectivity index (χ3n) is 2.45. The number of hydrogen-bond acceptors (Lipinski definition) is 2. The van der Waals surface area contributed by atoms with Gasteiger partial charge in [-0.15, -0.1) is 0 Å². The lowest BCUT2D eigenvalue weighted by molar-refractivity contribution is -0.145. The summed E-state index contributed by atoms with van der Waals surface area (Å²) < 4.78 is 5.60. The number of amides is 1. The van der Waals surface area contributed by atoms with Crippen molar-refractivity contribution in [3.05, 3.63) is 0 Å². The van der Waals surface area contributed by atoms with Crippen LogP contribution in [0.25, 0.3) is 0 Å². The highest BCUT2D eigenvalue weighted by molar-refractivity contribution is 5.77. The molecule has 0 aliphatic carbocycles. The molecule has 0 unspecified atom stereocenters. The van der Waals surface area contributed by atoms with Gasteiger partial charge in [-0.3, -0.25) is 4.79 Å². The minimum Gasteiger partial charge on any atom is -0.372 e. The van der Waals surface area contributed by atoms with E-state index in [1.807, 2.05) is 18.7 Å². The first kappa shape index (κ1) is 12.5. The fraction of sp³-hybridized carbons (Fsp3) is 0.917. The summed E-state index contributed by atoms with van der Waals surface area (Å²) in [4.78, 5) is 13.9. The predicted molar refractivity (Wildman–Crippen MR) is 60.7 cm³/mol. The van der Waals surface area contributed by atoms with E-state index < -0.39 is 0 Å². The van der Waals surface area contributed by atoms with E-state index in [1.165, 1.54) is 0 Å². The van der Waals surface area contributed by atoms with Crippen LogP contribution >= 0.6 is 0 Å². The van der Waals surface area contributed by atoms with Crippen LogP contribution in [0.15, 0.2) is 0 Å². The smallest absolute Gasteiger partial charge is 0.223 e. The van der Waals surface area contributed by atoms with Gasteiger partial charge in [-0.1, -0.05) is 20.8 Å². The Kier molecular flexibility index (Phi) is 3.77. The Hall–Kier alpha value is -0.570. The molecule has 88 valence electrons. The van der Waals surface area contributed by atoms with E-state index in [-0.39, 0.29) is 23.5 Å². The molecule has 1 saturated heterocycles. The van der Waals surface area contributed by atoms with Crippen molar-refractivity contribution in [3.8, 4) is 0 Å². The van der Waals surface area contributed by atoms with Gasteiger partial charge in [-0.25, -0.2) is 0 Å². The van der Waals surface area contributed by atoms with Crippen LogP contribution in [0.5, 0.6) is 0 Å². The Labute approximate surface area is 92.8 Å².